The third-order valence-corrected chi connectivity index (χ3v) is 2.06. The SMILES string of the molecule is COc1ccc([C@@H](N)C(F)F)cc1[N+](=O)[O-].Cl. The minimum absolute atomic E-state index is 0. The minimum atomic E-state index is -2.77. The molecule has 0 heterocycles. The van der Waals surface area contributed by atoms with Crippen LogP contribution in [0.2, 0.25) is 0 Å². The molecule has 8 heteroatoms. The van der Waals surface area contributed by atoms with Crippen molar-refractivity contribution < 1.29 is 18.4 Å². The first-order valence-electron chi connectivity index (χ1n) is 4.33. The first kappa shape index (κ1) is 15.5. The number of nitro groups is 1. The van der Waals surface area contributed by atoms with Crippen LogP contribution < -0.4 is 10.5 Å². The topological polar surface area (TPSA) is 78.4 Å². The largest absolute Gasteiger partial charge is 0.490 e. The average Bonchev–Trinajstić information content (AvgIpc) is 2.26. The van der Waals surface area contributed by atoms with E-state index in [9.17, 15) is 18.9 Å². The second-order valence-corrected chi connectivity index (χ2v) is 3.05. The van der Waals surface area contributed by atoms with Crippen LogP contribution >= 0.6 is 12.4 Å². The van der Waals surface area contributed by atoms with E-state index in [1.54, 1.807) is 0 Å². The first-order valence-corrected chi connectivity index (χ1v) is 4.33. The molecule has 0 spiro atoms. The van der Waals surface area contributed by atoms with Gasteiger partial charge in [0.15, 0.2) is 5.75 Å². The number of alkyl halides is 2. The van der Waals surface area contributed by atoms with Crippen LogP contribution in [0.3, 0.4) is 0 Å². The summed E-state index contributed by atoms with van der Waals surface area (Å²) in [5.41, 5.74) is 4.81. The molecule has 0 aromatic heterocycles. The van der Waals surface area contributed by atoms with Crippen molar-refractivity contribution in [2.75, 3.05) is 7.11 Å². The van der Waals surface area contributed by atoms with E-state index in [0.29, 0.717) is 0 Å². The Bertz CT molecular complexity index is 404. The Balaban J connectivity index is 0.00000256. The van der Waals surface area contributed by atoms with E-state index in [1.807, 2.05) is 0 Å². The monoisotopic (exact) mass is 268 g/mol. The Hall–Kier alpha value is -1.47. The molecule has 0 bridgehead atoms. The molecule has 96 valence electrons. The predicted octanol–water partition coefficient (Wildman–Crippen LogP) is 2.29. The third-order valence-electron chi connectivity index (χ3n) is 2.06. The highest BCUT2D eigenvalue weighted by molar-refractivity contribution is 5.85. The molecule has 0 aliphatic rings. The van der Waals surface area contributed by atoms with Crippen molar-refractivity contribution in [2.45, 2.75) is 12.5 Å². The second kappa shape index (κ2) is 6.31. The fourth-order valence-electron chi connectivity index (χ4n) is 1.20. The van der Waals surface area contributed by atoms with E-state index in [-0.39, 0.29) is 29.4 Å². The first-order chi connectivity index (χ1) is 7.47. The fraction of sp³-hybridized carbons (Fsp3) is 0.333. The molecule has 2 N–H and O–H groups in total. The molecule has 1 atom stereocenters. The van der Waals surface area contributed by atoms with Gasteiger partial charge >= 0.3 is 5.69 Å². The zero-order chi connectivity index (χ0) is 12.3. The summed E-state index contributed by atoms with van der Waals surface area (Å²) in [5.74, 6) is 0.00946. The van der Waals surface area contributed by atoms with Gasteiger partial charge in [0.1, 0.15) is 0 Å². The highest BCUT2D eigenvalue weighted by atomic mass is 35.5. The Kier molecular flexibility index (Phi) is 5.77. The number of benzene rings is 1. The van der Waals surface area contributed by atoms with Crippen LogP contribution in [-0.4, -0.2) is 18.5 Å². The Morgan fingerprint density at radius 2 is 2.06 bits per heavy atom. The summed E-state index contributed by atoms with van der Waals surface area (Å²) in [6.07, 6.45) is -2.77. The summed E-state index contributed by atoms with van der Waals surface area (Å²) >= 11 is 0. The maximum absolute atomic E-state index is 12.3. The quantitative estimate of drug-likeness (QED) is 0.671. The van der Waals surface area contributed by atoms with Crippen LogP contribution in [0.4, 0.5) is 14.5 Å². The van der Waals surface area contributed by atoms with Gasteiger partial charge in [0.25, 0.3) is 6.43 Å². The van der Waals surface area contributed by atoms with E-state index in [0.717, 1.165) is 6.07 Å². The fourth-order valence-corrected chi connectivity index (χ4v) is 1.20. The third kappa shape index (κ3) is 3.50. The van der Waals surface area contributed by atoms with E-state index in [4.69, 9.17) is 10.5 Å². The lowest BCUT2D eigenvalue weighted by Crippen LogP contribution is -2.19. The number of hydrogen-bond acceptors (Lipinski definition) is 4. The number of nitrogens with two attached hydrogens (primary N) is 1. The summed E-state index contributed by atoms with van der Waals surface area (Å²) in [6, 6.07) is 1.98. The molecule has 0 aliphatic heterocycles. The van der Waals surface area contributed by atoms with Gasteiger partial charge < -0.3 is 10.5 Å². The number of nitro benzene ring substituents is 1. The Labute approximate surface area is 102 Å². The van der Waals surface area contributed by atoms with Gasteiger partial charge in [-0.15, -0.1) is 12.4 Å². The lowest BCUT2D eigenvalue weighted by Gasteiger charge is -2.11. The van der Waals surface area contributed by atoms with Gasteiger partial charge in [0.05, 0.1) is 18.1 Å². The van der Waals surface area contributed by atoms with Crippen LogP contribution in [0, 0.1) is 10.1 Å². The molecule has 0 radical (unpaired) electrons. The number of nitrogens with zero attached hydrogens (tertiary/aromatic N) is 1. The van der Waals surface area contributed by atoms with Crippen molar-refractivity contribution in [1.82, 2.24) is 0 Å². The maximum Gasteiger partial charge on any atom is 0.311 e. The van der Waals surface area contributed by atoms with E-state index >= 15 is 0 Å². The number of rotatable bonds is 4. The van der Waals surface area contributed by atoms with Crippen molar-refractivity contribution in [3.8, 4) is 5.75 Å². The summed E-state index contributed by atoms with van der Waals surface area (Å²) in [6.45, 7) is 0. The molecule has 1 rings (SSSR count). The zero-order valence-electron chi connectivity index (χ0n) is 8.80. The molecule has 0 saturated heterocycles. The maximum atomic E-state index is 12.3. The highest BCUT2D eigenvalue weighted by Gasteiger charge is 2.22. The number of hydrogen-bond donors (Lipinski definition) is 1. The molecule has 0 amide bonds. The van der Waals surface area contributed by atoms with Gasteiger partial charge in [-0.25, -0.2) is 8.78 Å². The smallest absolute Gasteiger partial charge is 0.311 e. The molecule has 17 heavy (non-hydrogen) atoms. The van der Waals surface area contributed by atoms with Crippen molar-refractivity contribution >= 4 is 18.1 Å². The Morgan fingerprint density at radius 3 is 2.47 bits per heavy atom. The normalized spacial score (nSPS) is 11.8. The summed E-state index contributed by atoms with van der Waals surface area (Å²) < 4.78 is 29.3. The predicted molar refractivity (Wildman–Crippen MR) is 59.8 cm³/mol. The minimum Gasteiger partial charge on any atom is -0.490 e. The van der Waals surface area contributed by atoms with Crippen LogP contribution in [0.1, 0.15) is 11.6 Å². The van der Waals surface area contributed by atoms with Gasteiger partial charge in [-0.3, -0.25) is 10.1 Å². The Morgan fingerprint density at radius 1 is 1.47 bits per heavy atom. The van der Waals surface area contributed by atoms with Crippen LogP contribution in [0.15, 0.2) is 18.2 Å². The van der Waals surface area contributed by atoms with Crippen LogP contribution in [-0.2, 0) is 0 Å². The van der Waals surface area contributed by atoms with E-state index < -0.39 is 17.4 Å². The van der Waals surface area contributed by atoms with Crippen molar-refractivity contribution in [3.63, 3.8) is 0 Å². The highest BCUT2D eigenvalue weighted by Crippen LogP contribution is 2.30. The van der Waals surface area contributed by atoms with E-state index in [1.165, 1.54) is 19.2 Å². The van der Waals surface area contributed by atoms with Gasteiger partial charge in [-0.2, -0.15) is 0 Å². The average molecular weight is 269 g/mol. The molecule has 0 unspecified atom stereocenters. The zero-order valence-corrected chi connectivity index (χ0v) is 9.62. The molecule has 5 nitrogen and oxygen atoms in total. The van der Waals surface area contributed by atoms with Crippen molar-refractivity contribution in [2.24, 2.45) is 5.73 Å². The molecular formula is C9H11ClF2N2O3. The molecule has 1 aromatic carbocycles. The van der Waals surface area contributed by atoms with Gasteiger partial charge in [-0.1, -0.05) is 6.07 Å². The summed E-state index contributed by atoms with van der Waals surface area (Å²) in [4.78, 5) is 9.91. The molecule has 0 fully saturated rings. The van der Waals surface area contributed by atoms with Crippen molar-refractivity contribution in [3.05, 3.63) is 33.9 Å². The number of methoxy groups -OCH3 is 1. The number of ether oxygens (including phenoxy) is 1. The van der Waals surface area contributed by atoms with Crippen LogP contribution in [0.25, 0.3) is 0 Å². The van der Waals surface area contributed by atoms with Crippen molar-refractivity contribution in [1.29, 1.82) is 0 Å². The summed E-state index contributed by atoms with van der Waals surface area (Å²) in [7, 11) is 1.26. The molecular weight excluding hydrogens is 258 g/mol. The molecule has 1 aromatic rings. The van der Waals surface area contributed by atoms with Crippen LogP contribution in [0.5, 0.6) is 5.75 Å². The van der Waals surface area contributed by atoms with Gasteiger partial charge in [0.2, 0.25) is 0 Å². The van der Waals surface area contributed by atoms with E-state index in [2.05, 4.69) is 0 Å². The summed E-state index contributed by atoms with van der Waals surface area (Å²) in [5, 5.41) is 10.6. The van der Waals surface area contributed by atoms with Gasteiger partial charge in [0, 0.05) is 6.07 Å². The lowest BCUT2D eigenvalue weighted by molar-refractivity contribution is -0.385. The molecule has 0 aliphatic carbocycles. The standard InChI is InChI=1S/C9H10F2N2O3.ClH/c1-16-7-3-2-5(8(12)9(10)11)4-6(7)13(14)15;/h2-4,8-9H,12H2,1H3;1H/t8-;/m1./s1. The lowest BCUT2D eigenvalue weighted by atomic mass is 10.1. The number of halogens is 3. The molecule has 0 saturated carbocycles. The van der Waals surface area contributed by atoms with Gasteiger partial charge in [-0.05, 0) is 11.6 Å². The second-order valence-electron chi connectivity index (χ2n) is 3.05.